The SMILES string of the molecule is CCOC(=O)C1(Cc2cccc(C(F)(F)F)c2)Sc2ccccc2N(CCN2CCCCC2)C1=O. The van der Waals surface area contributed by atoms with Gasteiger partial charge >= 0.3 is 12.1 Å². The predicted molar refractivity (Wildman–Crippen MR) is 129 cm³/mol. The van der Waals surface area contributed by atoms with E-state index in [1.165, 1.54) is 18.6 Å². The lowest BCUT2D eigenvalue weighted by molar-refractivity contribution is -0.149. The van der Waals surface area contributed by atoms with E-state index in [1.54, 1.807) is 11.8 Å². The number of hydrogen-bond acceptors (Lipinski definition) is 5. The first-order chi connectivity index (χ1) is 16.7. The fraction of sp³-hybridized carbons (Fsp3) is 0.462. The van der Waals surface area contributed by atoms with Gasteiger partial charge < -0.3 is 14.5 Å². The van der Waals surface area contributed by atoms with Crippen LogP contribution in [0.4, 0.5) is 18.9 Å². The van der Waals surface area contributed by atoms with E-state index in [4.69, 9.17) is 4.74 Å². The molecule has 188 valence electrons. The molecule has 2 aliphatic heterocycles. The largest absolute Gasteiger partial charge is 0.465 e. The normalized spacial score (nSPS) is 21.0. The molecule has 1 atom stereocenters. The summed E-state index contributed by atoms with van der Waals surface area (Å²) >= 11 is 1.07. The van der Waals surface area contributed by atoms with Gasteiger partial charge in [-0.15, -0.1) is 0 Å². The second kappa shape index (κ2) is 10.6. The summed E-state index contributed by atoms with van der Waals surface area (Å²) in [6.45, 7) is 4.69. The number of piperidine rings is 1. The fourth-order valence-corrected chi connectivity index (χ4v) is 6.06. The number of carbonyl (C=O) groups excluding carboxylic acids is 2. The van der Waals surface area contributed by atoms with E-state index < -0.39 is 28.4 Å². The number of nitrogens with zero attached hydrogens (tertiary/aromatic N) is 2. The molecule has 1 amide bonds. The van der Waals surface area contributed by atoms with E-state index in [9.17, 15) is 22.8 Å². The molecule has 2 heterocycles. The smallest absolute Gasteiger partial charge is 0.416 e. The molecule has 2 aromatic carbocycles. The zero-order chi connectivity index (χ0) is 25.1. The van der Waals surface area contributed by atoms with E-state index in [0.29, 0.717) is 18.8 Å². The van der Waals surface area contributed by atoms with Crippen molar-refractivity contribution in [1.82, 2.24) is 4.90 Å². The Morgan fingerprint density at radius 3 is 2.51 bits per heavy atom. The van der Waals surface area contributed by atoms with Gasteiger partial charge in [-0.3, -0.25) is 4.79 Å². The first-order valence-corrected chi connectivity index (χ1v) is 12.7. The Kier molecular flexibility index (Phi) is 7.76. The average molecular weight is 507 g/mol. The highest BCUT2D eigenvalue weighted by Gasteiger charge is 2.54. The van der Waals surface area contributed by atoms with Gasteiger partial charge in [0.05, 0.1) is 17.9 Å². The van der Waals surface area contributed by atoms with Gasteiger partial charge in [0.2, 0.25) is 4.75 Å². The Morgan fingerprint density at radius 1 is 1.06 bits per heavy atom. The van der Waals surface area contributed by atoms with Crippen LogP contribution in [0.2, 0.25) is 0 Å². The van der Waals surface area contributed by atoms with Gasteiger partial charge in [-0.1, -0.05) is 48.5 Å². The van der Waals surface area contributed by atoms with Gasteiger partial charge in [0.15, 0.2) is 0 Å². The summed E-state index contributed by atoms with van der Waals surface area (Å²) in [4.78, 5) is 32.1. The van der Waals surface area contributed by atoms with Crippen molar-refractivity contribution in [3.05, 3.63) is 59.7 Å². The monoisotopic (exact) mass is 506 g/mol. The molecular weight excluding hydrogens is 477 g/mol. The first-order valence-electron chi connectivity index (χ1n) is 11.9. The number of amides is 1. The summed E-state index contributed by atoms with van der Waals surface area (Å²) in [5, 5.41) is 0. The number of fused-ring (bicyclic) bond motifs is 1. The molecule has 2 aliphatic rings. The highest BCUT2D eigenvalue weighted by Crippen LogP contribution is 2.48. The zero-order valence-electron chi connectivity index (χ0n) is 19.6. The first kappa shape index (κ1) is 25.6. The summed E-state index contributed by atoms with van der Waals surface area (Å²) in [5.41, 5.74) is 0.150. The lowest BCUT2D eigenvalue weighted by Gasteiger charge is -2.41. The van der Waals surface area contributed by atoms with E-state index in [1.807, 2.05) is 24.3 Å². The van der Waals surface area contributed by atoms with E-state index in [-0.39, 0.29) is 18.6 Å². The van der Waals surface area contributed by atoms with Crippen LogP contribution in [0, 0.1) is 0 Å². The Bertz CT molecular complexity index is 1070. The molecule has 1 saturated heterocycles. The zero-order valence-corrected chi connectivity index (χ0v) is 20.5. The minimum atomic E-state index is -4.52. The maximum atomic E-state index is 14.0. The molecule has 0 N–H and O–H groups in total. The molecule has 0 spiro atoms. The number of para-hydroxylation sites is 1. The molecule has 35 heavy (non-hydrogen) atoms. The van der Waals surface area contributed by atoms with Crippen LogP contribution >= 0.6 is 11.8 Å². The second-order valence-corrected chi connectivity index (χ2v) is 10.2. The molecule has 0 bridgehead atoms. The molecule has 0 aromatic heterocycles. The van der Waals surface area contributed by atoms with Crippen molar-refractivity contribution in [3.63, 3.8) is 0 Å². The summed E-state index contributed by atoms with van der Waals surface area (Å²) < 4.78 is 43.7. The quantitative estimate of drug-likeness (QED) is 0.383. The summed E-state index contributed by atoms with van der Waals surface area (Å²) in [6.07, 6.45) is -1.30. The molecule has 0 saturated carbocycles. The highest BCUT2D eigenvalue weighted by molar-refractivity contribution is 8.02. The summed E-state index contributed by atoms with van der Waals surface area (Å²) in [7, 11) is 0. The number of carbonyl (C=O) groups is 2. The number of esters is 1. The van der Waals surface area contributed by atoms with Crippen molar-refractivity contribution in [2.45, 2.75) is 48.4 Å². The summed E-state index contributed by atoms with van der Waals surface area (Å²) in [5.74, 6) is -1.18. The van der Waals surface area contributed by atoms with Gasteiger partial charge in [-0.2, -0.15) is 13.2 Å². The van der Waals surface area contributed by atoms with Gasteiger partial charge in [-0.25, -0.2) is 4.79 Å². The maximum Gasteiger partial charge on any atom is 0.416 e. The molecule has 1 unspecified atom stereocenters. The van der Waals surface area contributed by atoms with Crippen LogP contribution < -0.4 is 4.90 Å². The van der Waals surface area contributed by atoms with Crippen molar-refractivity contribution in [2.75, 3.05) is 37.7 Å². The number of thioether (sulfide) groups is 1. The number of ether oxygens (including phenoxy) is 1. The minimum Gasteiger partial charge on any atom is -0.465 e. The van der Waals surface area contributed by atoms with Crippen LogP contribution in [0.3, 0.4) is 0 Å². The predicted octanol–water partition coefficient (Wildman–Crippen LogP) is 5.17. The lowest BCUT2D eigenvalue weighted by Crippen LogP contribution is -2.57. The van der Waals surface area contributed by atoms with Gasteiger partial charge in [0.25, 0.3) is 5.91 Å². The van der Waals surface area contributed by atoms with E-state index in [2.05, 4.69) is 4.90 Å². The number of hydrogen-bond donors (Lipinski definition) is 0. The van der Waals surface area contributed by atoms with Crippen LogP contribution in [-0.2, 0) is 26.9 Å². The second-order valence-electron chi connectivity index (χ2n) is 8.85. The van der Waals surface area contributed by atoms with Crippen LogP contribution in [0.5, 0.6) is 0 Å². The van der Waals surface area contributed by atoms with E-state index >= 15 is 0 Å². The van der Waals surface area contributed by atoms with Gasteiger partial charge in [-0.05, 0) is 56.6 Å². The Morgan fingerprint density at radius 2 is 1.80 bits per heavy atom. The molecule has 5 nitrogen and oxygen atoms in total. The Hall–Kier alpha value is -2.52. The fourth-order valence-electron chi connectivity index (χ4n) is 4.68. The molecule has 9 heteroatoms. The third kappa shape index (κ3) is 5.51. The number of likely N-dealkylation sites (tertiary alicyclic amines) is 1. The van der Waals surface area contributed by atoms with Crippen molar-refractivity contribution in [1.29, 1.82) is 0 Å². The molecule has 4 rings (SSSR count). The van der Waals surface area contributed by atoms with Crippen LogP contribution in [-0.4, -0.2) is 54.3 Å². The van der Waals surface area contributed by atoms with Crippen LogP contribution in [0.25, 0.3) is 0 Å². The molecule has 0 aliphatic carbocycles. The molecular formula is C26H29F3N2O3S. The molecule has 1 fully saturated rings. The van der Waals surface area contributed by atoms with Gasteiger partial charge in [0, 0.05) is 24.4 Å². The van der Waals surface area contributed by atoms with Crippen molar-refractivity contribution >= 4 is 29.3 Å². The lowest BCUT2D eigenvalue weighted by atomic mass is 9.94. The third-order valence-electron chi connectivity index (χ3n) is 6.43. The van der Waals surface area contributed by atoms with Crippen molar-refractivity contribution in [3.8, 4) is 0 Å². The maximum absolute atomic E-state index is 14.0. The summed E-state index contributed by atoms with van der Waals surface area (Å²) in [6, 6.07) is 12.1. The Labute approximate surface area is 207 Å². The Balaban J connectivity index is 1.71. The number of benzene rings is 2. The number of halogens is 3. The topological polar surface area (TPSA) is 49.9 Å². The number of alkyl halides is 3. The highest BCUT2D eigenvalue weighted by atomic mass is 32.2. The van der Waals surface area contributed by atoms with E-state index in [0.717, 1.165) is 54.7 Å². The van der Waals surface area contributed by atoms with Crippen molar-refractivity contribution in [2.24, 2.45) is 0 Å². The number of rotatable bonds is 7. The minimum absolute atomic E-state index is 0.0619. The standard InChI is InChI=1S/C26H29F3N2O3S/c1-2-34-24(33)25(18-19-9-8-10-20(17-19)26(27,28)29)23(32)31(16-15-30-13-6-3-7-14-30)21-11-4-5-12-22(21)35-25/h4-5,8-12,17H,2-3,6-7,13-16,18H2,1H3. The van der Waals surface area contributed by atoms with Gasteiger partial charge in [0.1, 0.15) is 0 Å². The number of anilines is 1. The molecule has 0 radical (unpaired) electrons. The van der Waals surface area contributed by atoms with Crippen LogP contribution in [0.15, 0.2) is 53.4 Å². The average Bonchev–Trinajstić information content (AvgIpc) is 2.84. The van der Waals surface area contributed by atoms with Crippen LogP contribution in [0.1, 0.15) is 37.3 Å². The third-order valence-corrected chi connectivity index (χ3v) is 7.83. The van der Waals surface area contributed by atoms with Crippen molar-refractivity contribution < 1.29 is 27.5 Å². The molecule has 2 aromatic rings.